The molecule has 0 aliphatic heterocycles. The SMILES string of the molecule is CCn1ncc(N)c1C(=O)OCCOCCCOC. The fourth-order valence-corrected chi connectivity index (χ4v) is 1.53. The van der Waals surface area contributed by atoms with Crippen LogP contribution in [0, 0.1) is 0 Å². The summed E-state index contributed by atoms with van der Waals surface area (Å²) < 4.78 is 16.8. The van der Waals surface area contributed by atoms with Crippen LogP contribution < -0.4 is 5.73 Å². The first kappa shape index (κ1) is 15.5. The zero-order chi connectivity index (χ0) is 14.1. The van der Waals surface area contributed by atoms with Gasteiger partial charge < -0.3 is 19.9 Å². The van der Waals surface area contributed by atoms with Crippen molar-refractivity contribution in [2.45, 2.75) is 19.9 Å². The fourth-order valence-electron chi connectivity index (χ4n) is 1.53. The smallest absolute Gasteiger partial charge is 0.358 e. The Morgan fingerprint density at radius 2 is 2.16 bits per heavy atom. The van der Waals surface area contributed by atoms with E-state index < -0.39 is 5.97 Å². The fraction of sp³-hybridized carbons (Fsp3) is 0.667. The highest BCUT2D eigenvalue weighted by molar-refractivity contribution is 5.93. The molecule has 2 N–H and O–H groups in total. The average Bonchev–Trinajstić information content (AvgIpc) is 2.78. The van der Waals surface area contributed by atoms with Gasteiger partial charge in [-0.2, -0.15) is 5.10 Å². The molecule has 0 unspecified atom stereocenters. The first-order chi connectivity index (χ1) is 9.20. The molecule has 0 spiro atoms. The Hall–Kier alpha value is -1.60. The first-order valence-corrected chi connectivity index (χ1v) is 6.25. The van der Waals surface area contributed by atoms with Crippen molar-refractivity contribution in [3.05, 3.63) is 11.9 Å². The highest BCUT2D eigenvalue weighted by Crippen LogP contribution is 2.11. The van der Waals surface area contributed by atoms with E-state index in [-0.39, 0.29) is 6.61 Å². The van der Waals surface area contributed by atoms with Crippen molar-refractivity contribution in [3.8, 4) is 0 Å². The van der Waals surface area contributed by atoms with Crippen molar-refractivity contribution in [2.75, 3.05) is 39.3 Å². The summed E-state index contributed by atoms with van der Waals surface area (Å²) >= 11 is 0. The minimum absolute atomic E-state index is 0.195. The molecule has 0 atom stereocenters. The van der Waals surface area contributed by atoms with Crippen LogP contribution in [0.15, 0.2) is 6.20 Å². The Bertz CT molecular complexity index is 392. The Kier molecular flexibility index (Phi) is 6.91. The molecule has 1 aromatic rings. The van der Waals surface area contributed by atoms with Gasteiger partial charge in [-0.1, -0.05) is 0 Å². The van der Waals surface area contributed by atoms with Crippen molar-refractivity contribution in [2.24, 2.45) is 0 Å². The van der Waals surface area contributed by atoms with Crippen LogP contribution in [0.1, 0.15) is 23.8 Å². The number of aromatic nitrogens is 2. The van der Waals surface area contributed by atoms with Crippen molar-refractivity contribution in [1.29, 1.82) is 0 Å². The maximum atomic E-state index is 11.8. The van der Waals surface area contributed by atoms with Crippen LogP contribution in [0.25, 0.3) is 0 Å². The van der Waals surface area contributed by atoms with E-state index in [0.29, 0.717) is 37.7 Å². The van der Waals surface area contributed by atoms with E-state index in [1.807, 2.05) is 6.92 Å². The molecule has 1 rings (SSSR count). The lowest BCUT2D eigenvalue weighted by Crippen LogP contribution is -2.17. The molecule has 0 aliphatic carbocycles. The lowest BCUT2D eigenvalue weighted by molar-refractivity contribution is 0.0278. The number of rotatable bonds is 9. The molecular weight excluding hydrogens is 250 g/mol. The van der Waals surface area contributed by atoms with Gasteiger partial charge in [0.1, 0.15) is 6.61 Å². The molecule has 7 heteroatoms. The molecular formula is C12H21N3O4. The van der Waals surface area contributed by atoms with Gasteiger partial charge in [0, 0.05) is 26.9 Å². The van der Waals surface area contributed by atoms with Gasteiger partial charge in [-0.15, -0.1) is 0 Å². The predicted molar refractivity (Wildman–Crippen MR) is 69.9 cm³/mol. The summed E-state index contributed by atoms with van der Waals surface area (Å²) in [6.07, 6.45) is 2.27. The predicted octanol–water partition coefficient (Wildman–Crippen LogP) is 0.695. The van der Waals surface area contributed by atoms with Gasteiger partial charge in [-0.25, -0.2) is 4.79 Å². The van der Waals surface area contributed by atoms with E-state index >= 15 is 0 Å². The summed E-state index contributed by atoms with van der Waals surface area (Å²) in [6.45, 7) is 4.24. The quantitative estimate of drug-likeness (QED) is 0.525. The second kappa shape index (κ2) is 8.49. The number of carbonyl (C=O) groups is 1. The van der Waals surface area contributed by atoms with E-state index in [1.54, 1.807) is 7.11 Å². The molecule has 0 saturated carbocycles. The number of carbonyl (C=O) groups excluding carboxylic acids is 1. The topological polar surface area (TPSA) is 88.6 Å². The molecule has 0 aromatic carbocycles. The van der Waals surface area contributed by atoms with Crippen molar-refractivity contribution in [3.63, 3.8) is 0 Å². The van der Waals surface area contributed by atoms with E-state index in [2.05, 4.69) is 5.10 Å². The van der Waals surface area contributed by atoms with Crippen LogP contribution >= 0.6 is 0 Å². The lowest BCUT2D eigenvalue weighted by Gasteiger charge is -2.07. The summed E-state index contributed by atoms with van der Waals surface area (Å²) in [5.41, 5.74) is 6.29. The number of nitrogen functional groups attached to an aromatic ring is 1. The normalized spacial score (nSPS) is 10.6. The molecule has 7 nitrogen and oxygen atoms in total. The summed E-state index contributed by atoms with van der Waals surface area (Å²) in [4.78, 5) is 11.8. The summed E-state index contributed by atoms with van der Waals surface area (Å²) in [5.74, 6) is -0.475. The van der Waals surface area contributed by atoms with Gasteiger partial charge in [0.15, 0.2) is 5.69 Å². The first-order valence-electron chi connectivity index (χ1n) is 6.25. The van der Waals surface area contributed by atoms with Crippen LogP contribution in [0.3, 0.4) is 0 Å². The van der Waals surface area contributed by atoms with E-state index in [4.69, 9.17) is 19.9 Å². The Morgan fingerprint density at radius 3 is 2.84 bits per heavy atom. The van der Waals surface area contributed by atoms with Crippen molar-refractivity contribution >= 4 is 11.7 Å². The van der Waals surface area contributed by atoms with Crippen LogP contribution in [0.5, 0.6) is 0 Å². The zero-order valence-corrected chi connectivity index (χ0v) is 11.4. The second-order valence-corrected chi connectivity index (χ2v) is 3.86. The number of anilines is 1. The van der Waals surface area contributed by atoms with E-state index in [1.165, 1.54) is 10.9 Å². The molecule has 0 amide bonds. The molecule has 0 bridgehead atoms. The van der Waals surface area contributed by atoms with Crippen LogP contribution in [-0.4, -0.2) is 49.3 Å². The van der Waals surface area contributed by atoms with Crippen molar-refractivity contribution in [1.82, 2.24) is 9.78 Å². The number of hydrogen-bond donors (Lipinski definition) is 1. The number of esters is 1. The summed E-state index contributed by atoms with van der Waals surface area (Å²) in [5, 5.41) is 3.98. The summed E-state index contributed by atoms with van der Waals surface area (Å²) in [6, 6.07) is 0. The van der Waals surface area contributed by atoms with Gasteiger partial charge in [-0.3, -0.25) is 4.68 Å². The van der Waals surface area contributed by atoms with Gasteiger partial charge >= 0.3 is 5.97 Å². The lowest BCUT2D eigenvalue weighted by atomic mass is 10.4. The van der Waals surface area contributed by atoms with Crippen LogP contribution in [0.2, 0.25) is 0 Å². The Morgan fingerprint density at radius 1 is 1.37 bits per heavy atom. The van der Waals surface area contributed by atoms with Crippen LogP contribution in [0.4, 0.5) is 5.69 Å². The molecule has 1 aromatic heterocycles. The third-order valence-corrected chi connectivity index (χ3v) is 2.46. The number of aryl methyl sites for hydroxylation is 1. The standard InChI is InChI=1S/C12H21N3O4/c1-3-15-11(10(13)9-14-15)12(16)19-8-7-18-6-4-5-17-2/h9H,3-8,13H2,1-2H3. The number of nitrogens with zero attached hydrogens (tertiary/aromatic N) is 2. The van der Waals surface area contributed by atoms with E-state index in [9.17, 15) is 4.79 Å². The monoisotopic (exact) mass is 271 g/mol. The van der Waals surface area contributed by atoms with Crippen LogP contribution in [-0.2, 0) is 20.8 Å². The minimum atomic E-state index is -0.475. The Balaban J connectivity index is 2.26. The molecule has 108 valence electrons. The molecule has 19 heavy (non-hydrogen) atoms. The molecule has 0 aliphatic rings. The highest BCUT2D eigenvalue weighted by atomic mass is 16.6. The van der Waals surface area contributed by atoms with Gasteiger partial charge in [-0.05, 0) is 13.3 Å². The average molecular weight is 271 g/mol. The molecule has 1 heterocycles. The third-order valence-electron chi connectivity index (χ3n) is 2.46. The minimum Gasteiger partial charge on any atom is -0.458 e. The maximum absolute atomic E-state index is 11.8. The number of ether oxygens (including phenoxy) is 3. The van der Waals surface area contributed by atoms with Crippen molar-refractivity contribution < 1.29 is 19.0 Å². The van der Waals surface area contributed by atoms with E-state index in [0.717, 1.165) is 6.42 Å². The zero-order valence-electron chi connectivity index (χ0n) is 11.4. The number of nitrogens with two attached hydrogens (primary N) is 1. The molecule has 0 fully saturated rings. The number of hydrogen-bond acceptors (Lipinski definition) is 6. The number of methoxy groups -OCH3 is 1. The highest BCUT2D eigenvalue weighted by Gasteiger charge is 2.17. The maximum Gasteiger partial charge on any atom is 0.358 e. The summed E-state index contributed by atoms with van der Waals surface area (Å²) in [7, 11) is 1.64. The van der Waals surface area contributed by atoms with Gasteiger partial charge in [0.25, 0.3) is 0 Å². The van der Waals surface area contributed by atoms with Gasteiger partial charge in [0.2, 0.25) is 0 Å². The third kappa shape index (κ3) is 4.88. The molecule has 0 saturated heterocycles. The largest absolute Gasteiger partial charge is 0.458 e. The second-order valence-electron chi connectivity index (χ2n) is 3.86. The van der Waals surface area contributed by atoms with Gasteiger partial charge in [0.05, 0.1) is 18.5 Å². The molecule has 0 radical (unpaired) electrons. The Labute approximate surface area is 112 Å².